The Morgan fingerprint density at radius 1 is 1.39 bits per heavy atom. The number of hydrogen-bond acceptors (Lipinski definition) is 5. The van der Waals surface area contributed by atoms with Crippen molar-refractivity contribution >= 4 is 21.4 Å². The minimum atomic E-state index is -3.45. The number of para-hydroxylation sites is 2. The standard InChI is InChI=1S/C11H16N2O4S/c1-17-10-5-3-2-4-9(10)13-11(14)8-18(15,16)7-6-12/h2-5H,6-8,12H2,1H3,(H,13,14). The maximum Gasteiger partial charge on any atom is 0.239 e. The van der Waals surface area contributed by atoms with Crippen molar-refractivity contribution in [2.75, 3.05) is 30.5 Å². The minimum absolute atomic E-state index is 0.00424. The first kappa shape index (κ1) is 14.5. The molecule has 0 fully saturated rings. The van der Waals surface area contributed by atoms with Gasteiger partial charge in [0.05, 0.1) is 18.6 Å². The van der Waals surface area contributed by atoms with Crippen molar-refractivity contribution in [3.8, 4) is 5.75 Å². The highest BCUT2D eigenvalue weighted by Gasteiger charge is 2.16. The number of anilines is 1. The second kappa shape index (κ2) is 6.36. The molecule has 1 rings (SSSR count). The van der Waals surface area contributed by atoms with Crippen LogP contribution in [0.25, 0.3) is 0 Å². The number of carbonyl (C=O) groups is 1. The second-order valence-corrected chi connectivity index (χ2v) is 5.81. The van der Waals surface area contributed by atoms with Crippen LogP contribution in [0.1, 0.15) is 0 Å². The molecule has 1 aromatic carbocycles. The molecule has 1 aromatic rings. The van der Waals surface area contributed by atoms with E-state index in [2.05, 4.69) is 5.32 Å². The van der Waals surface area contributed by atoms with Gasteiger partial charge in [0, 0.05) is 6.54 Å². The van der Waals surface area contributed by atoms with Gasteiger partial charge >= 0.3 is 0 Å². The second-order valence-electron chi connectivity index (χ2n) is 3.63. The molecule has 6 nitrogen and oxygen atoms in total. The highest BCUT2D eigenvalue weighted by Crippen LogP contribution is 2.22. The number of ether oxygens (including phenoxy) is 1. The summed E-state index contributed by atoms with van der Waals surface area (Å²) < 4.78 is 27.9. The van der Waals surface area contributed by atoms with Gasteiger partial charge in [0.15, 0.2) is 9.84 Å². The van der Waals surface area contributed by atoms with Crippen molar-refractivity contribution < 1.29 is 17.9 Å². The van der Waals surface area contributed by atoms with Gasteiger partial charge in [-0.3, -0.25) is 4.79 Å². The van der Waals surface area contributed by atoms with E-state index >= 15 is 0 Å². The van der Waals surface area contributed by atoms with Crippen molar-refractivity contribution in [2.45, 2.75) is 0 Å². The Morgan fingerprint density at radius 3 is 2.67 bits per heavy atom. The molecule has 3 N–H and O–H groups in total. The number of methoxy groups -OCH3 is 1. The van der Waals surface area contributed by atoms with E-state index in [0.717, 1.165) is 0 Å². The van der Waals surface area contributed by atoms with Crippen LogP contribution in [0.3, 0.4) is 0 Å². The molecular formula is C11H16N2O4S. The third-order valence-electron chi connectivity index (χ3n) is 2.16. The van der Waals surface area contributed by atoms with Gasteiger partial charge in [-0.2, -0.15) is 0 Å². The molecule has 0 aliphatic heterocycles. The number of nitrogens with two attached hydrogens (primary N) is 1. The summed E-state index contributed by atoms with van der Waals surface area (Å²) in [4.78, 5) is 11.6. The molecule has 0 saturated heterocycles. The number of nitrogens with one attached hydrogen (secondary N) is 1. The predicted octanol–water partition coefficient (Wildman–Crippen LogP) is 0.00720. The van der Waals surface area contributed by atoms with Crippen LogP contribution >= 0.6 is 0 Å². The summed E-state index contributed by atoms with van der Waals surface area (Å²) in [6, 6.07) is 6.77. The van der Waals surface area contributed by atoms with E-state index in [-0.39, 0.29) is 12.3 Å². The van der Waals surface area contributed by atoms with Crippen LogP contribution in [0.15, 0.2) is 24.3 Å². The molecular weight excluding hydrogens is 256 g/mol. The molecule has 0 aliphatic carbocycles. The van der Waals surface area contributed by atoms with Gasteiger partial charge in [-0.25, -0.2) is 8.42 Å². The monoisotopic (exact) mass is 272 g/mol. The Labute approximate surface area is 106 Å². The lowest BCUT2D eigenvalue weighted by Gasteiger charge is -2.09. The Morgan fingerprint density at radius 2 is 2.06 bits per heavy atom. The van der Waals surface area contributed by atoms with Crippen molar-refractivity contribution in [2.24, 2.45) is 5.73 Å². The quantitative estimate of drug-likeness (QED) is 0.760. The van der Waals surface area contributed by atoms with Crippen LogP contribution < -0.4 is 15.8 Å². The van der Waals surface area contributed by atoms with Crippen molar-refractivity contribution in [1.29, 1.82) is 0 Å². The first-order chi connectivity index (χ1) is 8.48. The third-order valence-corrected chi connectivity index (χ3v) is 3.72. The van der Waals surface area contributed by atoms with E-state index in [0.29, 0.717) is 11.4 Å². The van der Waals surface area contributed by atoms with Crippen LogP contribution in [-0.4, -0.2) is 39.5 Å². The molecule has 0 bridgehead atoms. The van der Waals surface area contributed by atoms with Gasteiger partial charge in [-0.05, 0) is 12.1 Å². The zero-order chi connectivity index (χ0) is 13.6. The summed E-state index contributed by atoms with van der Waals surface area (Å²) in [5.74, 6) is -0.913. The van der Waals surface area contributed by atoms with Crippen LogP contribution in [0.4, 0.5) is 5.69 Å². The number of sulfone groups is 1. The summed E-state index contributed by atoms with van der Waals surface area (Å²) in [5, 5.41) is 2.49. The number of amides is 1. The van der Waals surface area contributed by atoms with Crippen LogP contribution in [0, 0.1) is 0 Å². The van der Waals surface area contributed by atoms with Gasteiger partial charge in [0.1, 0.15) is 11.5 Å². The van der Waals surface area contributed by atoms with E-state index in [1.807, 2.05) is 0 Å². The van der Waals surface area contributed by atoms with Gasteiger partial charge in [-0.15, -0.1) is 0 Å². The normalized spacial score (nSPS) is 11.0. The smallest absolute Gasteiger partial charge is 0.239 e. The van der Waals surface area contributed by atoms with Crippen LogP contribution in [0.2, 0.25) is 0 Å². The summed E-state index contributed by atoms with van der Waals surface area (Å²) in [6.45, 7) is 0.00424. The average Bonchev–Trinajstić information content (AvgIpc) is 2.28. The Bertz CT molecular complexity index is 514. The van der Waals surface area contributed by atoms with Gasteiger partial charge in [0.25, 0.3) is 0 Å². The third kappa shape index (κ3) is 4.34. The first-order valence-corrected chi connectivity index (χ1v) is 7.14. The van der Waals surface area contributed by atoms with Gasteiger partial charge < -0.3 is 15.8 Å². The largest absolute Gasteiger partial charge is 0.495 e. The zero-order valence-electron chi connectivity index (χ0n) is 10.0. The highest BCUT2D eigenvalue weighted by atomic mass is 32.2. The number of carbonyl (C=O) groups excluding carboxylic acids is 1. The molecule has 0 aromatic heterocycles. The number of hydrogen-bond donors (Lipinski definition) is 2. The molecule has 0 atom stereocenters. The van der Waals surface area contributed by atoms with Crippen molar-refractivity contribution in [3.05, 3.63) is 24.3 Å². The Balaban J connectivity index is 2.71. The molecule has 0 saturated carbocycles. The lowest BCUT2D eigenvalue weighted by molar-refractivity contribution is -0.113. The average molecular weight is 272 g/mol. The highest BCUT2D eigenvalue weighted by molar-refractivity contribution is 7.92. The zero-order valence-corrected chi connectivity index (χ0v) is 10.9. The fraction of sp³-hybridized carbons (Fsp3) is 0.364. The molecule has 100 valence electrons. The fourth-order valence-corrected chi connectivity index (χ4v) is 2.36. The maximum absolute atomic E-state index is 11.6. The van der Waals surface area contributed by atoms with Crippen LogP contribution in [-0.2, 0) is 14.6 Å². The molecule has 0 spiro atoms. The lowest BCUT2D eigenvalue weighted by Crippen LogP contribution is -2.27. The van der Waals surface area contributed by atoms with E-state index in [9.17, 15) is 13.2 Å². The van der Waals surface area contributed by atoms with Gasteiger partial charge in [0.2, 0.25) is 5.91 Å². The SMILES string of the molecule is COc1ccccc1NC(=O)CS(=O)(=O)CCN. The topological polar surface area (TPSA) is 98.5 Å². The van der Waals surface area contributed by atoms with Crippen molar-refractivity contribution in [3.63, 3.8) is 0 Å². The first-order valence-electron chi connectivity index (χ1n) is 5.32. The molecule has 18 heavy (non-hydrogen) atoms. The molecule has 7 heteroatoms. The summed E-state index contributed by atoms with van der Waals surface area (Å²) in [5.41, 5.74) is 5.60. The van der Waals surface area contributed by atoms with E-state index in [1.165, 1.54) is 7.11 Å². The minimum Gasteiger partial charge on any atom is -0.495 e. The molecule has 0 heterocycles. The summed E-state index contributed by atoms with van der Waals surface area (Å²) in [6.07, 6.45) is 0. The Hall–Kier alpha value is -1.60. The summed E-state index contributed by atoms with van der Waals surface area (Å²) >= 11 is 0. The molecule has 0 unspecified atom stereocenters. The van der Waals surface area contributed by atoms with Crippen molar-refractivity contribution in [1.82, 2.24) is 0 Å². The van der Waals surface area contributed by atoms with E-state index in [4.69, 9.17) is 10.5 Å². The van der Waals surface area contributed by atoms with Crippen LogP contribution in [0.5, 0.6) is 5.75 Å². The van der Waals surface area contributed by atoms with Gasteiger partial charge in [-0.1, -0.05) is 12.1 Å². The maximum atomic E-state index is 11.6. The molecule has 0 radical (unpaired) electrons. The molecule has 0 aliphatic rings. The fourth-order valence-electron chi connectivity index (χ4n) is 1.39. The van der Waals surface area contributed by atoms with E-state index in [1.54, 1.807) is 24.3 Å². The number of rotatable bonds is 6. The van der Waals surface area contributed by atoms with E-state index < -0.39 is 21.5 Å². The number of benzene rings is 1. The summed E-state index contributed by atoms with van der Waals surface area (Å²) in [7, 11) is -1.98. The lowest BCUT2D eigenvalue weighted by atomic mass is 10.3. The Kier molecular flexibility index (Phi) is 5.11. The molecule has 1 amide bonds. The predicted molar refractivity (Wildman–Crippen MR) is 69.3 cm³/mol.